The van der Waals surface area contributed by atoms with E-state index < -0.39 is 12.1 Å². The van der Waals surface area contributed by atoms with E-state index in [4.69, 9.17) is 14.4 Å². The van der Waals surface area contributed by atoms with Crippen molar-refractivity contribution in [1.29, 1.82) is 0 Å². The van der Waals surface area contributed by atoms with Crippen LogP contribution in [-0.4, -0.2) is 32.4 Å². The Kier molecular flexibility index (Phi) is 5.57. The van der Waals surface area contributed by atoms with Crippen molar-refractivity contribution in [2.45, 2.75) is 31.9 Å². The van der Waals surface area contributed by atoms with Crippen molar-refractivity contribution in [2.75, 3.05) is 0 Å². The molecule has 3 atom stereocenters. The highest BCUT2D eigenvalue weighted by Gasteiger charge is 2.38. The molecule has 0 amide bonds. The zero-order chi connectivity index (χ0) is 19.4. The lowest BCUT2D eigenvalue weighted by Gasteiger charge is -2.14. The number of fused-ring (bicyclic) bond motifs is 2. The van der Waals surface area contributed by atoms with Crippen molar-refractivity contribution < 1.29 is 27.6 Å². The van der Waals surface area contributed by atoms with Crippen LogP contribution in [0.2, 0.25) is 0 Å². The number of carbonyl (C=O) groups is 1. The summed E-state index contributed by atoms with van der Waals surface area (Å²) in [7, 11) is 0. The molecule has 1 N–H and O–H groups in total. The van der Waals surface area contributed by atoms with Crippen molar-refractivity contribution in [3.63, 3.8) is 0 Å². The minimum atomic E-state index is -5.08. The van der Waals surface area contributed by atoms with Crippen LogP contribution >= 0.6 is 0 Å². The number of carboxylic acids is 1. The number of nitrogens with zero attached hydrogens (tertiary/aromatic N) is 3. The summed E-state index contributed by atoms with van der Waals surface area (Å²) in [5.41, 5.74) is 1.11. The van der Waals surface area contributed by atoms with Gasteiger partial charge in [-0.05, 0) is 42.2 Å². The Labute approximate surface area is 153 Å². The van der Waals surface area contributed by atoms with Gasteiger partial charge in [-0.15, -0.1) is 0 Å². The number of aliphatic carboxylic acids is 1. The van der Waals surface area contributed by atoms with Crippen LogP contribution in [0.1, 0.15) is 30.1 Å². The molecular weight excluding hydrogens is 363 g/mol. The Balaban J connectivity index is 0.000000260. The third-order valence-corrected chi connectivity index (χ3v) is 4.69. The molecule has 2 bridgehead atoms. The second kappa shape index (κ2) is 7.89. The molecule has 27 heavy (non-hydrogen) atoms. The van der Waals surface area contributed by atoms with Gasteiger partial charge in [-0.1, -0.05) is 23.4 Å². The number of halogens is 3. The van der Waals surface area contributed by atoms with Gasteiger partial charge in [-0.3, -0.25) is 4.98 Å². The van der Waals surface area contributed by atoms with E-state index in [1.54, 1.807) is 6.20 Å². The molecule has 1 saturated carbocycles. The number of hydrogen-bond donors (Lipinski definition) is 1. The lowest BCUT2D eigenvalue weighted by atomic mass is 9.91. The fourth-order valence-corrected chi connectivity index (χ4v) is 3.48. The van der Waals surface area contributed by atoms with Crippen molar-refractivity contribution in [1.82, 2.24) is 15.1 Å². The minimum absolute atomic E-state index is 0.688. The molecule has 1 fully saturated rings. The number of alkyl halides is 3. The third-order valence-electron chi connectivity index (χ3n) is 4.69. The summed E-state index contributed by atoms with van der Waals surface area (Å²) in [4.78, 5) is 17.5. The average Bonchev–Trinajstić information content (AvgIpc) is 3.33. The first-order valence-electron chi connectivity index (χ1n) is 8.50. The molecule has 0 aliphatic heterocycles. The highest BCUT2D eigenvalue weighted by Crippen LogP contribution is 2.44. The van der Waals surface area contributed by atoms with Gasteiger partial charge in [0.2, 0.25) is 5.89 Å². The molecule has 2 aromatic rings. The predicted molar refractivity (Wildman–Crippen MR) is 87.6 cm³/mol. The fourth-order valence-electron chi connectivity index (χ4n) is 3.48. The number of carboxylic acid groups (broad SMARTS) is 1. The molecule has 2 heterocycles. The predicted octanol–water partition coefficient (Wildman–Crippen LogP) is 3.44. The molecule has 9 heteroatoms. The molecule has 0 aromatic carbocycles. The smallest absolute Gasteiger partial charge is 0.475 e. The minimum Gasteiger partial charge on any atom is -0.475 e. The zero-order valence-corrected chi connectivity index (χ0v) is 14.3. The van der Waals surface area contributed by atoms with Gasteiger partial charge in [-0.25, -0.2) is 4.79 Å². The Morgan fingerprint density at radius 2 is 2.07 bits per heavy atom. The van der Waals surface area contributed by atoms with E-state index in [0.717, 1.165) is 35.5 Å². The number of allylic oxidation sites excluding steroid dienone is 2. The van der Waals surface area contributed by atoms with Gasteiger partial charge in [0.25, 0.3) is 0 Å². The van der Waals surface area contributed by atoms with Crippen LogP contribution in [0.5, 0.6) is 0 Å². The van der Waals surface area contributed by atoms with Crippen molar-refractivity contribution >= 4 is 5.97 Å². The molecule has 0 radical (unpaired) electrons. The zero-order valence-electron chi connectivity index (χ0n) is 14.3. The van der Waals surface area contributed by atoms with Gasteiger partial charge >= 0.3 is 12.1 Å². The number of pyridine rings is 1. The number of aromatic nitrogens is 3. The van der Waals surface area contributed by atoms with Crippen LogP contribution < -0.4 is 0 Å². The first kappa shape index (κ1) is 19.1. The maximum atomic E-state index is 10.6. The lowest BCUT2D eigenvalue weighted by Crippen LogP contribution is -2.21. The van der Waals surface area contributed by atoms with Crippen LogP contribution in [0.25, 0.3) is 0 Å². The Hall–Kier alpha value is -2.71. The monoisotopic (exact) mass is 381 g/mol. The standard InChI is InChI=1S/C16H17N3O.C2HF3O2/c1-2-12(10-17-5-1)8-15-18-16(20-19-15)9-14-7-11-3-4-13(14)6-11;3-2(4,5)1(6)7/h1-5,10-11,13-14H,6-9H2;(H,6,7)/t11-,13+,14+;/m1./s1. The number of rotatable bonds is 4. The van der Waals surface area contributed by atoms with Gasteiger partial charge in [0.1, 0.15) is 0 Å². The molecule has 4 rings (SSSR count). The summed E-state index contributed by atoms with van der Waals surface area (Å²) in [6.45, 7) is 0. The van der Waals surface area contributed by atoms with E-state index in [1.165, 1.54) is 12.8 Å². The molecule has 0 unspecified atom stereocenters. The molecule has 144 valence electrons. The molecular formula is C18H18F3N3O3. The molecule has 2 aliphatic carbocycles. The molecule has 6 nitrogen and oxygen atoms in total. The highest BCUT2D eigenvalue weighted by molar-refractivity contribution is 5.73. The normalized spacial score (nSPS) is 23.1. The van der Waals surface area contributed by atoms with Crippen LogP contribution in [0.15, 0.2) is 41.2 Å². The average molecular weight is 381 g/mol. The SMILES string of the molecule is C1=C[C@H]2C[C@@H]1C[C@H]2Cc1nc(Cc2cccnc2)no1.O=C(O)C(F)(F)F. The van der Waals surface area contributed by atoms with E-state index in [1.807, 2.05) is 18.3 Å². The van der Waals surface area contributed by atoms with Crippen molar-refractivity contribution in [3.05, 3.63) is 54.0 Å². The molecule has 0 saturated heterocycles. The third kappa shape index (κ3) is 5.15. The first-order valence-corrected chi connectivity index (χ1v) is 8.50. The Morgan fingerprint density at radius 3 is 2.63 bits per heavy atom. The van der Waals surface area contributed by atoms with Crippen molar-refractivity contribution in [2.24, 2.45) is 17.8 Å². The van der Waals surface area contributed by atoms with Crippen LogP contribution in [0.3, 0.4) is 0 Å². The van der Waals surface area contributed by atoms with E-state index in [-0.39, 0.29) is 0 Å². The van der Waals surface area contributed by atoms with E-state index in [0.29, 0.717) is 12.3 Å². The summed E-state index contributed by atoms with van der Waals surface area (Å²) in [6.07, 6.45) is 7.47. The quantitative estimate of drug-likeness (QED) is 0.816. The van der Waals surface area contributed by atoms with Gasteiger partial charge in [0, 0.05) is 25.2 Å². The summed E-state index contributed by atoms with van der Waals surface area (Å²) in [5.74, 6) is 1.00. The largest absolute Gasteiger partial charge is 0.490 e. The molecule has 0 spiro atoms. The number of hydrogen-bond acceptors (Lipinski definition) is 5. The maximum absolute atomic E-state index is 10.6. The second-order valence-electron chi connectivity index (χ2n) is 6.69. The summed E-state index contributed by atoms with van der Waals surface area (Å²) >= 11 is 0. The fraction of sp³-hybridized carbons (Fsp3) is 0.444. The van der Waals surface area contributed by atoms with E-state index >= 15 is 0 Å². The maximum Gasteiger partial charge on any atom is 0.490 e. The summed E-state index contributed by atoms with van der Waals surface area (Å²) in [6, 6.07) is 3.96. The lowest BCUT2D eigenvalue weighted by molar-refractivity contribution is -0.192. The molecule has 2 aliphatic rings. The summed E-state index contributed by atoms with van der Waals surface area (Å²) in [5, 5.41) is 11.2. The Bertz CT molecular complexity index is 805. The van der Waals surface area contributed by atoms with E-state index in [2.05, 4.69) is 27.3 Å². The van der Waals surface area contributed by atoms with Gasteiger partial charge < -0.3 is 9.63 Å². The van der Waals surface area contributed by atoms with Gasteiger partial charge in [0.15, 0.2) is 5.82 Å². The van der Waals surface area contributed by atoms with Crippen molar-refractivity contribution in [3.8, 4) is 0 Å². The van der Waals surface area contributed by atoms with Crippen LogP contribution in [-0.2, 0) is 17.6 Å². The van der Waals surface area contributed by atoms with Gasteiger partial charge in [0.05, 0.1) is 0 Å². The second-order valence-corrected chi connectivity index (χ2v) is 6.69. The van der Waals surface area contributed by atoms with Crippen LogP contribution in [0.4, 0.5) is 13.2 Å². The molecule has 2 aromatic heterocycles. The Morgan fingerprint density at radius 1 is 1.30 bits per heavy atom. The highest BCUT2D eigenvalue weighted by atomic mass is 19.4. The first-order chi connectivity index (χ1) is 12.8. The topological polar surface area (TPSA) is 89.1 Å². The summed E-state index contributed by atoms with van der Waals surface area (Å²) < 4.78 is 37.1. The van der Waals surface area contributed by atoms with Crippen LogP contribution in [0, 0.1) is 17.8 Å². The van der Waals surface area contributed by atoms with E-state index in [9.17, 15) is 13.2 Å². The van der Waals surface area contributed by atoms with Gasteiger partial charge in [-0.2, -0.15) is 18.2 Å².